The van der Waals surface area contributed by atoms with Crippen molar-refractivity contribution in [1.82, 2.24) is 14.7 Å². The molecule has 5 nitrogen and oxygen atoms in total. The predicted octanol–water partition coefficient (Wildman–Crippen LogP) is 1.38. The van der Waals surface area contributed by atoms with E-state index in [2.05, 4.69) is 5.10 Å². The number of carbonyl (C=O) groups is 1. The zero-order valence-corrected chi connectivity index (χ0v) is 12.0. The second-order valence-electron chi connectivity index (χ2n) is 5.53. The molecule has 2 N–H and O–H groups in total. The smallest absolute Gasteiger partial charge is 0.327 e. The Labute approximate surface area is 120 Å². The van der Waals surface area contributed by atoms with Gasteiger partial charge in [0.25, 0.3) is 0 Å². The van der Waals surface area contributed by atoms with Gasteiger partial charge in [0.1, 0.15) is 12.6 Å². The quantitative estimate of drug-likeness (QED) is 0.898. The van der Waals surface area contributed by atoms with Crippen molar-refractivity contribution in [3.63, 3.8) is 0 Å². The highest BCUT2D eigenvalue weighted by Gasteiger charge is 2.47. The summed E-state index contributed by atoms with van der Waals surface area (Å²) in [7, 11) is 0. The summed E-state index contributed by atoms with van der Waals surface area (Å²) in [4.78, 5) is 13.1. The van der Waals surface area contributed by atoms with Crippen LogP contribution in [0, 0.1) is 13.8 Å². The second-order valence-corrected chi connectivity index (χ2v) is 5.53. The SMILES string of the molecule is Cc1cc(C)n(CC(=O)N2CC(N)CCC2C(F)(F)F)n1. The Hall–Kier alpha value is -1.57. The lowest BCUT2D eigenvalue weighted by atomic mass is 9.98. The zero-order valence-electron chi connectivity index (χ0n) is 12.0. The van der Waals surface area contributed by atoms with E-state index in [1.807, 2.05) is 0 Å². The summed E-state index contributed by atoms with van der Waals surface area (Å²) >= 11 is 0. The highest BCUT2D eigenvalue weighted by Crippen LogP contribution is 2.31. The molecule has 1 aliphatic rings. The molecule has 0 spiro atoms. The van der Waals surface area contributed by atoms with Gasteiger partial charge in [-0.3, -0.25) is 9.48 Å². The van der Waals surface area contributed by atoms with E-state index in [9.17, 15) is 18.0 Å². The van der Waals surface area contributed by atoms with Crippen LogP contribution >= 0.6 is 0 Å². The molecular weight excluding hydrogens is 285 g/mol. The third kappa shape index (κ3) is 3.55. The first-order valence-electron chi connectivity index (χ1n) is 6.81. The van der Waals surface area contributed by atoms with Crippen LogP contribution in [-0.2, 0) is 11.3 Å². The first kappa shape index (κ1) is 15.8. The molecule has 1 saturated heterocycles. The van der Waals surface area contributed by atoms with Gasteiger partial charge in [-0.1, -0.05) is 0 Å². The standard InChI is InChI=1S/C13H19F3N4O/c1-8-5-9(2)20(18-8)7-12(21)19-6-10(17)3-4-11(19)13(14,15)16/h5,10-11H,3-4,6-7,17H2,1-2H3. The van der Waals surface area contributed by atoms with Crippen LogP contribution in [0.4, 0.5) is 13.2 Å². The van der Waals surface area contributed by atoms with Crippen molar-refractivity contribution in [2.45, 2.75) is 51.5 Å². The predicted molar refractivity (Wildman–Crippen MR) is 70.5 cm³/mol. The van der Waals surface area contributed by atoms with Gasteiger partial charge in [-0.05, 0) is 32.8 Å². The summed E-state index contributed by atoms with van der Waals surface area (Å²) in [6, 6.07) is -0.383. The first-order chi connectivity index (χ1) is 9.68. The third-order valence-corrected chi connectivity index (χ3v) is 3.70. The molecule has 21 heavy (non-hydrogen) atoms. The summed E-state index contributed by atoms with van der Waals surface area (Å²) in [5.41, 5.74) is 7.18. The van der Waals surface area contributed by atoms with Crippen LogP contribution in [0.3, 0.4) is 0 Å². The van der Waals surface area contributed by atoms with E-state index in [1.165, 1.54) is 4.68 Å². The zero-order chi connectivity index (χ0) is 15.8. The normalized spacial score (nSPS) is 23.4. The van der Waals surface area contributed by atoms with Crippen LogP contribution < -0.4 is 5.73 Å². The number of amides is 1. The summed E-state index contributed by atoms with van der Waals surface area (Å²) < 4.78 is 40.6. The third-order valence-electron chi connectivity index (χ3n) is 3.70. The minimum Gasteiger partial charge on any atom is -0.327 e. The van der Waals surface area contributed by atoms with E-state index >= 15 is 0 Å². The molecule has 2 unspecified atom stereocenters. The average Bonchev–Trinajstić information content (AvgIpc) is 2.66. The van der Waals surface area contributed by atoms with Crippen LogP contribution in [0.15, 0.2) is 6.07 Å². The van der Waals surface area contributed by atoms with Gasteiger partial charge in [0.05, 0.1) is 5.69 Å². The minimum absolute atomic E-state index is 0.0672. The van der Waals surface area contributed by atoms with Crippen LogP contribution in [0.1, 0.15) is 24.2 Å². The summed E-state index contributed by atoms with van der Waals surface area (Å²) in [6.45, 7) is 3.26. The molecule has 1 amide bonds. The monoisotopic (exact) mass is 304 g/mol. The van der Waals surface area contributed by atoms with Crippen molar-refractivity contribution >= 4 is 5.91 Å². The number of alkyl halides is 3. The molecule has 0 radical (unpaired) electrons. The number of nitrogens with two attached hydrogens (primary N) is 1. The van der Waals surface area contributed by atoms with Gasteiger partial charge in [0.15, 0.2) is 0 Å². The molecule has 0 bridgehead atoms. The van der Waals surface area contributed by atoms with Crippen LogP contribution in [0.5, 0.6) is 0 Å². The molecule has 2 atom stereocenters. The summed E-state index contributed by atoms with van der Waals surface area (Å²) in [6.07, 6.45) is -4.30. The Morgan fingerprint density at radius 1 is 1.43 bits per heavy atom. The Balaban J connectivity index is 2.16. The molecule has 1 aromatic heterocycles. The van der Waals surface area contributed by atoms with Crippen molar-refractivity contribution in [3.8, 4) is 0 Å². The number of aryl methyl sites for hydroxylation is 2. The Kier molecular flexibility index (Phi) is 4.27. The lowest BCUT2D eigenvalue weighted by Crippen LogP contribution is -2.57. The number of aromatic nitrogens is 2. The van der Waals surface area contributed by atoms with E-state index < -0.39 is 24.2 Å². The number of hydrogen-bond acceptors (Lipinski definition) is 3. The van der Waals surface area contributed by atoms with E-state index in [4.69, 9.17) is 5.73 Å². The molecule has 1 fully saturated rings. The molecule has 0 aliphatic carbocycles. The van der Waals surface area contributed by atoms with E-state index in [0.717, 1.165) is 16.3 Å². The fraction of sp³-hybridized carbons (Fsp3) is 0.692. The maximum absolute atomic E-state index is 13.0. The highest BCUT2D eigenvalue weighted by molar-refractivity contribution is 5.76. The van der Waals surface area contributed by atoms with E-state index in [-0.39, 0.29) is 25.9 Å². The Morgan fingerprint density at radius 3 is 2.62 bits per heavy atom. The van der Waals surface area contributed by atoms with Gasteiger partial charge in [0, 0.05) is 18.3 Å². The highest BCUT2D eigenvalue weighted by atomic mass is 19.4. The molecule has 2 rings (SSSR count). The van der Waals surface area contributed by atoms with Crippen molar-refractivity contribution in [1.29, 1.82) is 0 Å². The molecule has 1 aromatic rings. The van der Waals surface area contributed by atoms with Crippen LogP contribution in [0.2, 0.25) is 0 Å². The fourth-order valence-electron chi connectivity index (χ4n) is 2.67. The topological polar surface area (TPSA) is 64.2 Å². The number of likely N-dealkylation sites (tertiary alicyclic amines) is 1. The maximum atomic E-state index is 13.0. The molecule has 0 saturated carbocycles. The largest absolute Gasteiger partial charge is 0.408 e. The van der Waals surface area contributed by atoms with E-state index in [1.54, 1.807) is 19.9 Å². The number of rotatable bonds is 2. The van der Waals surface area contributed by atoms with Gasteiger partial charge < -0.3 is 10.6 Å². The fourth-order valence-corrected chi connectivity index (χ4v) is 2.67. The molecular formula is C13H19F3N4O. The number of piperidine rings is 1. The Morgan fingerprint density at radius 2 is 2.10 bits per heavy atom. The van der Waals surface area contributed by atoms with Crippen LogP contribution in [0.25, 0.3) is 0 Å². The van der Waals surface area contributed by atoms with Gasteiger partial charge in [0.2, 0.25) is 5.91 Å². The van der Waals surface area contributed by atoms with Crippen LogP contribution in [-0.4, -0.2) is 45.4 Å². The van der Waals surface area contributed by atoms with Crippen molar-refractivity contribution in [3.05, 3.63) is 17.5 Å². The second kappa shape index (κ2) is 5.67. The lowest BCUT2D eigenvalue weighted by molar-refractivity contribution is -0.197. The molecule has 118 valence electrons. The van der Waals surface area contributed by atoms with Crippen molar-refractivity contribution in [2.75, 3.05) is 6.54 Å². The number of carbonyl (C=O) groups excluding carboxylic acids is 1. The van der Waals surface area contributed by atoms with E-state index in [0.29, 0.717) is 0 Å². The molecule has 0 aromatic carbocycles. The molecule has 8 heteroatoms. The molecule has 1 aliphatic heterocycles. The van der Waals surface area contributed by atoms with Crippen molar-refractivity contribution < 1.29 is 18.0 Å². The number of nitrogens with zero attached hydrogens (tertiary/aromatic N) is 3. The first-order valence-corrected chi connectivity index (χ1v) is 6.81. The average molecular weight is 304 g/mol. The van der Waals surface area contributed by atoms with Crippen molar-refractivity contribution in [2.24, 2.45) is 5.73 Å². The Bertz CT molecular complexity index is 526. The number of hydrogen-bond donors (Lipinski definition) is 1. The minimum atomic E-state index is -4.43. The summed E-state index contributed by atoms with van der Waals surface area (Å²) in [5.74, 6) is -0.598. The molecule has 2 heterocycles. The van der Waals surface area contributed by atoms with Gasteiger partial charge in [-0.25, -0.2) is 0 Å². The number of halogens is 3. The summed E-state index contributed by atoms with van der Waals surface area (Å²) in [5, 5.41) is 4.11. The van der Waals surface area contributed by atoms with Gasteiger partial charge in [-0.2, -0.15) is 18.3 Å². The lowest BCUT2D eigenvalue weighted by Gasteiger charge is -2.39. The maximum Gasteiger partial charge on any atom is 0.408 e. The van der Waals surface area contributed by atoms with Gasteiger partial charge >= 0.3 is 6.18 Å². The van der Waals surface area contributed by atoms with Gasteiger partial charge in [-0.15, -0.1) is 0 Å².